The molecule has 0 radical (unpaired) electrons. The first kappa shape index (κ1) is 30.8. The lowest BCUT2D eigenvalue weighted by molar-refractivity contribution is -0.192. The Labute approximate surface area is 215 Å². The largest absolute Gasteiger partial charge is 0.494 e. The van der Waals surface area contributed by atoms with Gasteiger partial charge in [0, 0.05) is 32.7 Å². The summed E-state index contributed by atoms with van der Waals surface area (Å²) in [5.74, 6) is -2.26. The molecular formula is C23H35F3N4O6S. The van der Waals surface area contributed by atoms with E-state index in [9.17, 15) is 26.4 Å². The fourth-order valence-electron chi connectivity index (χ4n) is 3.95. The highest BCUT2D eigenvalue weighted by Gasteiger charge is 2.38. The Kier molecular flexibility index (Phi) is 12.1. The summed E-state index contributed by atoms with van der Waals surface area (Å²) in [5, 5.41) is 10.3. The molecule has 0 saturated carbocycles. The predicted octanol–water partition coefficient (Wildman–Crippen LogP) is 1.63. The standard InChI is InChI=1S/C21H34N4O4S.C2HF3O2/c1-2-29-19-6-8-20(9-7-19)30(27,28)25(15-5-14-23-12-3-4-13-23)18-21(26)24-16-10-22-11-17-24;3-2(4,5)1(6)7/h6-9,22H,2-5,10-18H2,1H3;(H,6,7). The summed E-state index contributed by atoms with van der Waals surface area (Å²) in [6, 6.07) is 6.44. The van der Waals surface area contributed by atoms with Crippen LogP contribution in [0.2, 0.25) is 0 Å². The molecule has 2 N–H and O–H groups in total. The molecule has 210 valence electrons. The van der Waals surface area contributed by atoms with E-state index < -0.39 is 22.2 Å². The minimum atomic E-state index is -5.08. The number of carbonyl (C=O) groups is 2. The lowest BCUT2D eigenvalue weighted by Gasteiger charge is -2.30. The van der Waals surface area contributed by atoms with E-state index in [1.54, 1.807) is 29.2 Å². The quantitative estimate of drug-likeness (QED) is 0.450. The number of benzene rings is 1. The van der Waals surface area contributed by atoms with Crippen LogP contribution in [0.1, 0.15) is 26.2 Å². The Morgan fingerprint density at radius 2 is 1.65 bits per heavy atom. The van der Waals surface area contributed by atoms with E-state index in [4.69, 9.17) is 14.6 Å². The first-order valence-corrected chi connectivity index (χ1v) is 13.6. The van der Waals surface area contributed by atoms with Crippen LogP contribution in [-0.4, -0.2) is 111 Å². The van der Waals surface area contributed by atoms with Crippen LogP contribution in [0.15, 0.2) is 29.2 Å². The molecule has 0 aliphatic carbocycles. The van der Waals surface area contributed by atoms with Crippen molar-refractivity contribution < 1.29 is 41.0 Å². The highest BCUT2D eigenvalue weighted by molar-refractivity contribution is 7.89. The fourth-order valence-corrected chi connectivity index (χ4v) is 5.38. The third-order valence-electron chi connectivity index (χ3n) is 5.88. The van der Waals surface area contributed by atoms with Crippen molar-refractivity contribution >= 4 is 21.9 Å². The summed E-state index contributed by atoms with van der Waals surface area (Å²) in [4.78, 5) is 26.0. The number of alkyl halides is 3. The number of carbonyl (C=O) groups excluding carboxylic acids is 1. The third kappa shape index (κ3) is 10.1. The van der Waals surface area contributed by atoms with Gasteiger partial charge in [-0.1, -0.05) is 0 Å². The number of carboxylic acid groups (broad SMARTS) is 1. The van der Waals surface area contributed by atoms with Gasteiger partial charge in [0.25, 0.3) is 0 Å². The second-order valence-electron chi connectivity index (χ2n) is 8.58. The number of rotatable bonds is 10. The molecule has 10 nitrogen and oxygen atoms in total. The maximum Gasteiger partial charge on any atom is 0.490 e. The Bertz CT molecular complexity index is 964. The van der Waals surface area contributed by atoms with E-state index in [0.29, 0.717) is 38.4 Å². The highest BCUT2D eigenvalue weighted by Crippen LogP contribution is 2.21. The molecule has 0 aromatic heterocycles. The molecule has 2 fully saturated rings. The maximum atomic E-state index is 13.3. The molecule has 0 unspecified atom stereocenters. The SMILES string of the molecule is CCOc1ccc(S(=O)(=O)N(CCCN2CCCC2)CC(=O)N2CCNCC2)cc1.O=C(O)C(F)(F)F. The number of hydrogen-bond acceptors (Lipinski definition) is 7. The lowest BCUT2D eigenvalue weighted by atomic mass is 10.3. The molecule has 1 amide bonds. The Morgan fingerprint density at radius 1 is 1.08 bits per heavy atom. The van der Waals surface area contributed by atoms with Crippen LogP contribution >= 0.6 is 0 Å². The normalized spacial score (nSPS) is 16.8. The lowest BCUT2D eigenvalue weighted by Crippen LogP contribution is -2.50. The van der Waals surface area contributed by atoms with Crippen LogP contribution in [0.5, 0.6) is 5.75 Å². The van der Waals surface area contributed by atoms with Crippen LogP contribution in [0.4, 0.5) is 13.2 Å². The van der Waals surface area contributed by atoms with Crippen molar-refractivity contribution in [1.82, 2.24) is 19.4 Å². The van der Waals surface area contributed by atoms with Crippen molar-refractivity contribution in [2.75, 3.05) is 65.5 Å². The predicted molar refractivity (Wildman–Crippen MR) is 130 cm³/mol. The molecule has 2 saturated heterocycles. The molecule has 1 aromatic carbocycles. The number of hydrogen-bond donors (Lipinski definition) is 2. The molecule has 37 heavy (non-hydrogen) atoms. The first-order valence-electron chi connectivity index (χ1n) is 12.2. The number of piperazine rings is 1. The molecule has 0 spiro atoms. The third-order valence-corrected chi connectivity index (χ3v) is 7.74. The minimum absolute atomic E-state index is 0.116. The van der Waals surface area contributed by atoms with Crippen LogP contribution < -0.4 is 10.1 Å². The fraction of sp³-hybridized carbons (Fsp3) is 0.652. The van der Waals surface area contributed by atoms with Crippen molar-refractivity contribution in [2.24, 2.45) is 0 Å². The van der Waals surface area contributed by atoms with Gasteiger partial charge in [0.2, 0.25) is 15.9 Å². The second kappa shape index (κ2) is 14.5. The molecule has 0 atom stereocenters. The van der Waals surface area contributed by atoms with E-state index in [1.165, 1.54) is 17.1 Å². The van der Waals surface area contributed by atoms with Gasteiger partial charge in [-0.15, -0.1) is 0 Å². The number of amides is 1. The van der Waals surface area contributed by atoms with Crippen molar-refractivity contribution in [1.29, 1.82) is 0 Å². The van der Waals surface area contributed by atoms with Crippen LogP contribution in [0, 0.1) is 0 Å². The summed E-state index contributed by atoms with van der Waals surface area (Å²) in [6.07, 6.45) is -1.96. The zero-order valence-electron chi connectivity index (χ0n) is 20.9. The van der Waals surface area contributed by atoms with E-state index >= 15 is 0 Å². The first-order chi connectivity index (χ1) is 17.4. The summed E-state index contributed by atoms with van der Waals surface area (Å²) in [5.41, 5.74) is 0. The van der Waals surface area contributed by atoms with Gasteiger partial charge in [-0.05, 0) is 70.1 Å². The molecule has 2 aliphatic rings. The minimum Gasteiger partial charge on any atom is -0.494 e. The van der Waals surface area contributed by atoms with Gasteiger partial charge in [-0.2, -0.15) is 17.5 Å². The number of sulfonamides is 1. The number of halogens is 3. The molecule has 14 heteroatoms. The van der Waals surface area contributed by atoms with E-state index in [2.05, 4.69) is 10.2 Å². The van der Waals surface area contributed by atoms with Gasteiger partial charge in [-0.25, -0.2) is 13.2 Å². The van der Waals surface area contributed by atoms with E-state index in [0.717, 1.165) is 32.7 Å². The Balaban J connectivity index is 0.000000604. The summed E-state index contributed by atoms with van der Waals surface area (Å²) in [6.45, 7) is 8.35. The van der Waals surface area contributed by atoms with Crippen LogP contribution in [-0.2, 0) is 19.6 Å². The molecular weight excluding hydrogens is 517 g/mol. The molecule has 0 bridgehead atoms. The molecule has 2 heterocycles. The zero-order valence-corrected chi connectivity index (χ0v) is 21.7. The number of nitrogens with one attached hydrogen (secondary N) is 1. The zero-order chi connectivity index (χ0) is 27.5. The Hall–Kier alpha value is -2.42. The molecule has 2 aliphatic heterocycles. The van der Waals surface area contributed by atoms with Gasteiger partial charge < -0.3 is 25.0 Å². The van der Waals surface area contributed by atoms with Crippen molar-refractivity contribution in [3.8, 4) is 5.75 Å². The smallest absolute Gasteiger partial charge is 0.490 e. The van der Waals surface area contributed by atoms with Gasteiger partial charge in [0.15, 0.2) is 0 Å². The topological polar surface area (TPSA) is 119 Å². The summed E-state index contributed by atoms with van der Waals surface area (Å²) >= 11 is 0. The van der Waals surface area contributed by atoms with Gasteiger partial charge in [-0.3, -0.25) is 4.79 Å². The number of aliphatic carboxylic acids is 1. The van der Waals surface area contributed by atoms with Crippen LogP contribution in [0.25, 0.3) is 0 Å². The number of nitrogens with zero attached hydrogens (tertiary/aromatic N) is 3. The van der Waals surface area contributed by atoms with Crippen molar-refractivity contribution in [3.63, 3.8) is 0 Å². The average molecular weight is 553 g/mol. The van der Waals surface area contributed by atoms with Gasteiger partial charge in [0.05, 0.1) is 18.0 Å². The number of ether oxygens (including phenoxy) is 1. The number of carboxylic acids is 1. The molecule has 1 aromatic rings. The summed E-state index contributed by atoms with van der Waals surface area (Å²) in [7, 11) is -3.77. The second-order valence-corrected chi connectivity index (χ2v) is 10.5. The maximum absolute atomic E-state index is 13.3. The van der Waals surface area contributed by atoms with Gasteiger partial charge in [0.1, 0.15) is 5.75 Å². The van der Waals surface area contributed by atoms with E-state index in [1.807, 2.05) is 6.92 Å². The summed E-state index contributed by atoms with van der Waals surface area (Å²) < 4.78 is 65.2. The van der Waals surface area contributed by atoms with Gasteiger partial charge >= 0.3 is 12.1 Å². The van der Waals surface area contributed by atoms with Crippen molar-refractivity contribution in [3.05, 3.63) is 24.3 Å². The van der Waals surface area contributed by atoms with E-state index in [-0.39, 0.29) is 17.3 Å². The highest BCUT2D eigenvalue weighted by atomic mass is 32.2. The molecule has 3 rings (SSSR count). The average Bonchev–Trinajstić information content (AvgIpc) is 3.38. The Morgan fingerprint density at radius 3 is 2.16 bits per heavy atom. The van der Waals surface area contributed by atoms with Crippen LogP contribution in [0.3, 0.4) is 0 Å². The monoisotopic (exact) mass is 552 g/mol. The number of likely N-dealkylation sites (tertiary alicyclic amines) is 1. The van der Waals surface area contributed by atoms with Crippen molar-refractivity contribution in [2.45, 2.75) is 37.3 Å².